The second-order valence-electron chi connectivity index (χ2n) is 8.08. The summed E-state index contributed by atoms with van der Waals surface area (Å²) in [5.74, 6) is 0.898. The Balaban J connectivity index is 2.29. The van der Waals surface area contributed by atoms with Gasteiger partial charge in [-0.25, -0.2) is 4.99 Å². The van der Waals surface area contributed by atoms with Gasteiger partial charge in [0.15, 0.2) is 0 Å². The Bertz CT molecular complexity index is 826. The molecular weight excluding hydrogens is 304 g/mol. The van der Waals surface area contributed by atoms with E-state index in [0.717, 1.165) is 5.56 Å². The van der Waals surface area contributed by atoms with Crippen molar-refractivity contribution in [1.82, 2.24) is 0 Å². The maximum atomic E-state index is 6.39. The highest BCUT2D eigenvalue weighted by Crippen LogP contribution is 2.51. The van der Waals surface area contributed by atoms with E-state index < -0.39 is 0 Å². The van der Waals surface area contributed by atoms with E-state index >= 15 is 0 Å². The third-order valence-electron chi connectivity index (χ3n) is 6.49. The lowest BCUT2D eigenvalue weighted by molar-refractivity contribution is 0.148. The molecule has 1 unspecified atom stereocenters. The molecule has 0 amide bonds. The SMILES string of the molecule is CC1C(c2ccccc2)=CN=C(N)c2ccccc2C(C)(C)C1(C)C. The second-order valence-corrected chi connectivity index (χ2v) is 8.08. The quantitative estimate of drug-likeness (QED) is 0.747. The highest BCUT2D eigenvalue weighted by Gasteiger charge is 2.45. The molecular formula is C23H28N2. The summed E-state index contributed by atoms with van der Waals surface area (Å²) >= 11 is 0. The average molecular weight is 332 g/mol. The Kier molecular flexibility index (Phi) is 4.32. The minimum absolute atomic E-state index is 0.00488. The van der Waals surface area contributed by atoms with Gasteiger partial charge in [-0.3, -0.25) is 0 Å². The molecule has 0 spiro atoms. The van der Waals surface area contributed by atoms with Gasteiger partial charge in [0.25, 0.3) is 0 Å². The van der Waals surface area contributed by atoms with Crippen LogP contribution in [-0.2, 0) is 5.41 Å². The molecule has 25 heavy (non-hydrogen) atoms. The number of fused-ring (bicyclic) bond motifs is 1. The zero-order chi connectivity index (χ0) is 18.2. The fraction of sp³-hybridized carbons (Fsp3) is 0.348. The first kappa shape index (κ1) is 17.5. The van der Waals surface area contributed by atoms with Gasteiger partial charge in [0.05, 0.1) is 0 Å². The van der Waals surface area contributed by atoms with E-state index in [4.69, 9.17) is 5.73 Å². The van der Waals surface area contributed by atoms with Crippen molar-refractivity contribution in [2.24, 2.45) is 22.1 Å². The lowest BCUT2D eigenvalue weighted by Crippen LogP contribution is -2.42. The van der Waals surface area contributed by atoms with Crippen LogP contribution < -0.4 is 5.73 Å². The molecule has 1 heterocycles. The number of hydrogen-bond donors (Lipinski definition) is 1. The first-order valence-corrected chi connectivity index (χ1v) is 8.95. The molecule has 1 aliphatic rings. The minimum Gasteiger partial charge on any atom is -0.383 e. The van der Waals surface area contributed by atoms with Crippen LogP contribution in [0.15, 0.2) is 65.8 Å². The van der Waals surface area contributed by atoms with Crippen LogP contribution in [0.2, 0.25) is 0 Å². The van der Waals surface area contributed by atoms with Gasteiger partial charge >= 0.3 is 0 Å². The van der Waals surface area contributed by atoms with E-state index in [1.54, 1.807) is 0 Å². The van der Waals surface area contributed by atoms with Crippen LogP contribution >= 0.6 is 0 Å². The van der Waals surface area contributed by atoms with Crippen molar-refractivity contribution in [2.75, 3.05) is 0 Å². The number of hydrogen-bond acceptors (Lipinski definition) is 2. The number of amidine groups is 1. The first-order chi connectivity index (χ1) is 11.8. The van der Waals surface area contributed by atoms with Gasteiger partial charge in [-0.15, -0.1) is 0 Å². The summed E-state index contributed by atoms with van der Waals surface area (Å²) in [5.41, 5.74) is 11.1. The number of rotatable bonds is 1. The molecule has 2 aromatic rings. The van der Waals surface area contributed by atoms with E-state index in [2.05, 4.69) is 82.1 Å². The van der Waals surface area contributed by atoms with E-state index in [1.165, 1.54) is 16.7 Å². The van der Waals surface area contributed by atoms with Gasteiger partial charge in [0.2, 0.25) is 0 Å². The maximum Gasteiger partial charge on any atom is 0.130 e. The summed E-state index contributed by atoms with van der Waals surface area (Å²) in [6, 6.07) is 18.9. The third-order valence-corrected chi connectivity index (χ3v) is 6.49. The Labute approximate surface area is 151 Å². The normalized spacial score (nSPS) is 21.9. The summed E-state index contributed by atoms with van der Waals surface area (Å²) < 4.78 is 0. The van der Waals surface area contributed by atoms with E-state index in [-0.39, 0.29) is 10.8 Å². The highest BCUT2D eigenvalue weighted by molar-refractivity contribution is 6.00. The fourth-order valence-electron chi connectivity index (χ4n) is 3.80. The lowest BCUT2D eigenvalue weighted by atomic mass is 9.56. The number of allylic oxidation sites excluding steroid dienone is 1. The van der Waals surface area contributed by atoms with Crippen molar-refractivity contribution in [3.8, 4) is 0 Å². The molecule has 0 fully saturated rings. The standard InChI is InChI=1S/C23H28N2/c1-16-19(17-11-7-6-8-12-17)15-25-21(24)18-13-9-10-14-20(18)23(4,5)22(16,2)3/h6-16H,1-5H3,(H2,24,25). The molecule has 0 bridgehead atoms. The van der Waals surface area contributed by atoms with Crippen LogP contribution in [0.1, 0.15) is 51.3 Å². The van der Waals surface area contributed by atoms with Crippen molar-refractivity contribution in [3.05, 3.63) is 77.5 Å². The summed E-state index contributed by atoms with van der Waals surface area (Å²) in [7, 11) is 0. The van der Waals surface area contributed by atoms with E-state index in [0.29, 0.717) is 11.8 Å². The summed E-state index contributed by atoms with van der Waals surface area (Å²) in [6.07, 6.45) is 1.97. The smallest absolute Gasteiger partial charge is 0.130 e. The Morgan fingerprint density at radius 1 is 0.880 bits per heavy atom. The van der Waals surface area contributed by atoms with Crippen LogP contribution in [0.5, 0.6) is 0 Å². The number of nitrogens with two attached hydrogens (primary N) is 1. The summed E-state index contributed by atoms with van der Waals surface area (Å²) in [4.78, 5) is 4.66. The molecule has 1 aliphatic heterocycles. The number of aliphatic imine (C=N–C) groups is 1. The van der Waals surface area contributed by atoms with Crippen molar-refractivity contribution in [1.29, 1.82) is 0 Å². The van der Waals surface area contributed by atoms with Gasteiger partial charge in [-0.05, 0) is 33.4 Å². The zero-order valence-corrected chi connectivity index (χ0v) is 15.9. The molecule has 2 N–H and O–H groups in total. The maximum absolute atomic E-state index is 6.39. The van der Waals surface area contributed by atoms with Gasteiger partial charge in [-0.2, -0.15) is 0 Å². The molecule has 130 valence electrons. The predicted molar refractivity (Wildman–Crippen MR) is 108 cm³/mol. The van der Waals surface area contributed by atoms with Gasteiger partial charge in [0, 0.05) is 11.8 Å². The molecule has 0 aliphatic carbocycles. The van der Waals surface area contributed by atoms with E-state index in [9.17, 15) is 0 Å². The van der Waals surface area contributed by atoms with Crippen LogP contribution in [0.4, 0.5) is 0 Å². The Morgan fingerprint density at radius 2 is 1.48 bits per heavy atom. The van der Waals surface area contributed by atoms with E-state index in [1.807, 2.05) is 18.3 Å². The zero-order valence-electron chi connectivity index (χ0n) is 15.9. The minimum atomic E-state index is -0.0681. The molecule has 0 radical (unpaired) electrons. The second kappa shape index (κ2) is 6.18. The van der Waals surface area contributed by atoms with Crippen LogP contribution in [0, 0.1) is 11.3 Å². The molecule has 0 saturated carbocycles. The molecule has 3 rings (SSSR count). The van der Waals surface area contributed by atoms with Crippen molar-refractivity contribution < 1.29 is 0 Å². The van der Waals surface area contributed by atoms with Crippen LogP contribution in [-0.4, -0.2) is 5.84 Å². The third kappa shape index (κ3) is 2.80. The predicted octanol–water partition coefficient (Wildman–Crippen LogP) is 5.39. The number of benzene rings is 2. The summed E-state index contributed by atoms with van der Waals surface area (Å²) in [6.45, 7) is 11.7. The van der Waals surface area contributed by atoms with Gasteiger partial charge < -0.3 is 5.73 Å². The average Bonchev–Trinajstić information content (AvgIpc) is 2.63. The largest absolute Gasteiger partial charge is 0.383 e. The number of nitrogens with zero attached hydrogens (tertiary/aromatic N) is 1. The monoisotopic (exact) mass is 332 g/mol. The lowest BCUT2D eigenvalue weighted by Gasteiger charge is -2.47. The fourth-order valence-corrected chi connectivity index (χ4v) is 3.80. The van der Waals surface area contributed by atoms with Crippen molar-refractivity contribution in [3.63, 3.8) is 0 Å². The van der Waals surface area contributed by atoms with Crippen molar-refractivity contribution >= 4 is 11.4 Å². The molecule has 1 atom stereocenters. The van der Waals surface area contributed by atoms with Crippen molar-refractivity contribution in [2.45, 2.75) is 40.0 Å². The molecule has 0 aromatic heterocycles. The summed E-state index contributed by atoms with van der Waals surface area (Å²) in [5, 5.41) is 0. The Morgan fingerprint density at radius 3 is 2.16 bits per heavy atom. The molecule has 2 nitrogen and oxygen atoms in total. The molecule has 2 aromatic carbocycles. The molecule has 0 saturated heterocycles. The van der Waals surface area contributed by atoms with Gasteiger partial charge in [-0.1, -0.05) is 89.2 Å². The Hall–Kier alpha value is -2.35. The first-order valence-electron chi connectivity index (χ1n) is 8.95. The topological polar surface area (TPSA) is 38.4 Å². The van der Waals surface area contributed by atoms with Gasteiger partial charge in [0.1, 0.15) is 5.84 Å². The molecule has 2 heteroatoms. The van der Waals surface area contributed by atoms with Crippen LogP contribution in [0.3, 0.4) is 0 Å². The van der Waals surface area contributed by atoms with Crippen LogP contribution in [0.25, 0.3) is 5.57 Å². The highest BCUT2D eigenvalue weighted by atomic mass is 14.8.